The van der Waals surface area contributed by atoms with Crippen LogP contribution in [0.4, 0.5) is 0 Å². The molecule has 0 spiro atoms. The van der Waals surface area contributed by atoms with Crippen molar-refractivity contribution in [2.24, 2.45) is 0 Å². The van der Waals surface area contributed by atoms with Gasteiger partial charge in [0.05, 0.1) is 21.7 Å². The fourth-order valence-corrected chi connectivity index (χ4v) is 2.46. The van der Waals surface area contributed by atoms with E-state index in [0.717, 1.165) is 15.6 Å². The zero-order valence-corrected chi connectivity index (χ0v) is 10.5. The van der Waals surface area contributed by atoms with Crippen LogP contribution in [0.5, 0.6) is 0 Å². The minimum Gasteiger partial charge on any atom is -0.478 e. The van der Waals surface area contributed by atoms with Crippen LogP contribution in [0, 0.1) is 6.92 Å². The second kappa shape index (κ2) is 4.85. The molecule has 2 rings (SSSR count). The number of carboxylic acids is 1. The Bertz CT molecular complexity index is 563. The zero-order chi connectivity index (χ0) is 12.4. The highest BCUT2D eigenvalue weighted by atomic mass is 35.5. The van der Waals surface area contributed by atoms with Crippen LogP contribution in [-0.2, 0) is 0 Å². The molecule has 0 amide bonds. The van der Waals surface area contributed by atoms with Gasteiger partial charge in [0, 0.05) is 4.90 Å². The van der Waals surface area contributed by atoms with Crippen molar-refractivity contribution in [1.82, 2.24) is 0 Å². The topological polar surface area (TPSA) is 50.4 Å². The van der Waals surface area contributed by atoms with E-state index < -0.39 is 5.97 Å². The standard InChI is InChI=1S/C12H9ClO3S/c1-7-10(4-5-16-7)17-11-3-2-8(12(14)15)6-9(11)13/h2-6H,1H3,(H,14,15). The summed E-state index contributed by atoms with van der Waals surface area (Å²) in [5.41, 5.74) is 0.184. The summed E-state index contributed by atoms with van der Waals surface area (Å²) in [7, 11) is 0. The van der Waals surface area contributed by atoms with Gasteiger partial charge in [-0.2, -0.15) is 0 Å². The van der Waals surface area contributed by atoms with Crippen LogP contribution in [0.15, 0.2) is 44.7 Å². The fourth-order valence-electron chi connectivity index (χ4n) is 1.31. The second-order valence-electron chi connectivity index (χ2n) is 3.39. The SMILES string of the molecule is Cc1occc1Sc1ccc(C(=O)O)cc1Cl. The van der Waals surface area contributed by atoms with Crippen LogP contribution in [-0.4, -0.2) is 11.1 Å². The first-order chi connectivity index (χ1) is 8.08. The molecular formula is C12H9ClO3S. The Labute approximate surface area is 107 Å². The van der Waals surface area contributed by atoms with Crippen molar-refractivity contribution in [3.63, 3.8) is 0 Å². The van der Waals surface area contributed by atoms with Gasteiger partial charge in [0.25, 0.3) is 0 Å². The number of carbonyl (C=O) groups is 1. The average molecular weight is 269 g/mol. The lowest BCUT2D eigenvalue weighted by atomic mass is 10.2. The van der Waals surface area contributed by atoms with E-state index in [1.807, 2.05) is 13.0 Å². The van der Waals surface area contributed by atoms with E-state index >= 15 is 0 Å². The molecule has 0 saturated heterocycles. The summed E-state index contributed by atoms with van der Waals surface area (Å²) in [4.78, 5) is 12.5. The minimum atomic E-state index is -0.983. The first-order valence-electron chi connectivity index (χ1n) is 4.82. The summed E-state index contributed by atoms with van der Waals surface area (Å²) in [6.07, 6.45) is 1.61. The number of benzene rings is 1. The third-order valence-electron chi connectivity index (χ3n) is 2.21. The van der Waals surface area contributed by atoms with Crippen LogP contribution < -0.4 is 0 Å². The van der Waals surface area contributed by atoms with Gasteiger partial charge in [-0.3, -0.25) is 0 Å². The molecule has 0 saturated carbocycles. The molecule has 0 radical (unpaired) electrons. The van der Waals surface area contributed by atoms with Crippen molar-refractivity contribution in [2.75, 3.05) is 0 Å². The lowest BCUT2D eigenvalue weighted by Gasteiger charge is -2.04. The van der Waals surface area contributed by atoms with Gasteiger partial charge in [0.2, 0.25) is 0 Å². The van der Waals surface area contributed by atoms with E-state index in [1.54, 1.807) is 12.3 Å². The van der Waals surface area contributed by atoms with Crippen molar-refractivity contribution in [2.45, 2.75) is 16.7 Å². The molecule has 1 N–H and O–H groups in total. The van der Waals surface area contributed by atoms with E-state index in [4.69, 9.17) is 21.1 Å². The Balaban J connectivity index is 2.29. The quantitative estimate of drug-likeness (QED) is 0.911. The van der Waals surface area contributed by atoms with E-state index in [9.17, 15) is 4.79 Å². The van der Waals surface area contributed by atoms with Gasteiger partial charge in [-0.25, -0.2) is 4.79 Å². The summed E-state index contributed by atoms with van der Waals surface area (Å²) in [5, 5.41) is 9.25. The summed E-state index contributed by atoms with van der Waals surface area (Å²) in [6, 6.07) is 6.53. The molecule has 1 aromatic heterocycles. The number of aromatic carboxylic acids is 1. The van der Waals surface area contributed by atoms with Gasteiger partial charge in [-0.15, -0.1) is 0 Å². The lowest BCUT2D eigenvalue weighted by molar-refractivity contribution is 0.0697. The van der Waals surface area contributed by atoms with Gasteiger partial charge in [-0.05, 0) is 31.2 Å². The normalized spacial score (nSPS) is 10.5. The number of aryl methyl sites for hydroxylation is 1. The van der Waals surface area contributed by atoms with E-state index in [-0.39, 0.29) is 5.56 Å². The van der Waals surface area contributed by atoms with E-state index in [2.05, 4.69) is 0 Å². The Morgan fingerprint density at radius 3 is 2.65 bits per heavy atom. The lowest BCUT2D eigenvalue weighted by Crippen LogP contribution is -1.95. The molecule has 88 valence electrons. The summed E-state index contributed by atoms with van der Waals surface area (Å²) < 4.78 is 5.18. The van der Waals surface area contributed by atoms with Crippen LogP contribution in [0.1, 0.15) is 16.1 Å². The smallest absolute Gasteiger partial charge is 0.335 e. The molecule has 5 heteroatoms. The molecule has 0 bridgehead atoms. The highest BCUT2D eigenvalue weighted by Gasteiger charge is 2.10. The Kier molecular flexibility index (Phi) is 3.45. The summed E-state index contributed by atoms with van der Waals surface area (Å²) >= 11 is 7.48. The van der Waals surface area contributed by atoms with Gasteiger partial charge in [0.1, 0.15) is 5.76 Å². The first-order valence-corrected chi connectivity index (χ1v) is 6.02. The zero-order valence-electron chi connectivity index (χ0n) is 8.94. The highest BCUT2D eigenvalue weighted by molar-refractivity contribution is 7.99. The molecule has 0 aliphatic heterocycles. The molecular weight excluding hydrogens is 260 g/mol. The van der Waals surface area contributed by atoms with Crippen molar-refractivity contribution in [1.29, 1.82) is 0 Å². The third kappa shape index (κ3) is 2.65. The Hall–Kier alpha value is -1.39. The van der Waals surface area contributed by atoms with E-state index in [0.29, 0.717) is 5.02 Å². The number of rotatable bonds is 3. The van der Waals surface area contributed by atoms with Gasteiger partial charge in [0.15, 0.2) is 0 Å². The molecule has 17 heavy (non-hydrogen) atoms. The number of hydrogen-bond donors (Lipinski definition) is 1. The number of carboxylic acid groups (broad SMARTS) is 1. The monoisotopic (exact) mass is 268 g/mol. The Morgan fingerprint density at radius 1 is 1.35 bits per heavy atom. The fraction of sp³-hybridized carbons (Fsp3) is 0.0833. The molecule has 1 heterocycles. The van der Waals surface area contributed by atoms with E-state index in [1.165, 1.54) is 23.9 Å². The first kappa shape index (κ1) is 12.1. The summed E-state index contributed by atoms with van der Waals surface area (Å²) in [5.74, 6) is -0.170. The maximum atomic E-state index is 10.8. The maximum Gasteiger partial charge on any atom is 0.335 e. The van der Waals surface area contributed by atoms with Gasteiger partial charge < -0.3 is 9.52 Å². The summed E-state index contributed by atoms with van der Waals surface area (Å²) in [6.45, 7) is 1.86. The van der Waals surface area contributed by atoms with Crippen LogP contribution in [0.2, 0.25) is 5.02 Å². The predicted octanol–water partition coefficient (Wildman–Crippen LogP) is 4.09. The molecule has 3 nitrogen and oxygen atoms in total. The highest BCUT2D eigenvalue weighted by Crippen LogP contribution is 2.35. The molecule has 0 atom stereocenters. The van der Waals surface area contributed by atoms with Crippen molar-refractivity contribution in [3.05, 3.63) is 46.9 Å². The maximum absolute atomic E-state index is 10.8. The van der Waals surface area contributed by atoms with Crippen LogP contribution in [0.3, 0.4) is 0 Å². The third-order valence-corrected chi connectivity index (χ3v) is 3.85. The van der Waals surface area contributed by atoms with Gasteiger partial charge >= 0.3 is 5.97 Å². The second-order valence-corrected chi connectivity index (χ2v) is 4.88. The largest absolute Gasteiger partial charge is 0.478 e. The van der Waals surface area contributed by atoms with Crippen LogP contribution >= 0.6 is 23.4 Å². The minimum absolute atomic E-state index is 0.184. The predicted molar refractivity (Wildman–Crippen MR) is 66.0 cm³/mol. The van der Waals surface area contributed by atoms with Crippen molar-refractivity contribution >= 4 is 29.3 Å². The molecule has 1 aromatic carbocycles. The Morgan fingerprint density at radius 2 is 2.12 bits per heavy atom. The number of halogens is 1. The number of hydrogen-bond acceptors (Lipinski definition) is 3. The van der Waals surface area contributed by atoms with Crippen molar-refractivity contribution in [3.8, 4) is 0 Å². The molecule has 0 aliphatic rings. The molecule has 0 aliphatic carbocycles. The molecule has 0 unspecified atom stereocenters. The van der Waals surface area contributed by atoms with Gasteiger partial charge in [-0.1, -0.05) is 23.4 Å². The molecule has 2 aromatic rings. The number of furan rings is 1. The average Bonchev–Trinajstić information content (AvgIpc) is 2.67. The molecule has 0 fully saturated rings. The van der Waals surface area contributed by atoms with Crippen molar-refractivity contribution < 1.29 is 14.3 Å². The van der Waals surface area contributed by atoms with Crippen LogP contribution in [0.25, 0.3) is 0 Å².